The number of hydrogen-bond donors (Lipinski definition) is 0. The molecular weight excluding hydrogens is 247 g/mol. The third-order valence-corrected chi connectivity index (χ3v) is 4.38. The van der Waals surface area contributed by atoms with E-state index in [0.29, 0.717) is 6.42 Å². The molecule has 1 aliphatic carbocycles. The van der Waals surface area contributed by atoms with Gasteiger partial charge in [-0.25, -0.2) is 4.39 Å². The van der Waals surface area contributed by atoms with Gasteiger partial charge in [-0.2, -0.15) is 0 Å². The first-order chi connectivity index (χ1) is 8.75. The van der Waals surface area contributed by atoms with Crippen LogP contribution in [0.1, 0.15) is 50.5 Å². The molecule has 0 spiro atoms. The molecule has 0 saturated heterocycles. The predicted molar refractivity (Wildman–Crippen MR) is 75.6 cm³/mol. The summed E-state index contributed by atoms with van der Waals surface area (Å²) in [6, 6.07) is 6.96. The van der Waals surface area contributed by atoms with E-state index in [1.807, 2.05) is 12.1 Å². The Morgan fingerprint density at radius 1 is 1.17 bits per heavy atom. The van der Waals surface area contributed by atoms with Gasteiger partial charge in [0.1, 0.15) is 5.82 Å². The van der Waals surface area contributed by atoms with Gasteiger partial charge in [0, 0.05) is 5.38 Å². The molecule has 1 aromatic carbocycles. The molecule has 1 aliphatic rings. The topological polar surface area (TPSA) is 0 Å². The minimum absolute atomic E-state index is 0.0730. The molecule has 0 N–H and O–H groups in total. The number of halogens is 2. The van der Waals surface area contributed by atoms with Gasteiger partial charge in [-0.1, -0.05) is 50.3 Å². The molecule has 1 aromatic rings. The summed E-state index contributed by atoms with van der Waals surface area (Å²) >= 11 is 6.34. The molecular formula is C16H22ClF. The van der Waals surface area contributed by atoms with E-state index >= 15 is 0 Å². The normalized spacial score (nSPS) is 18.8. The van der Waals surface area contributed by atoms with Crippen LogP contribution >= 0.6 is 11.6 Å². The third-order valence-electron chi connectivity index (χ3n) is 4.01. The summed E-state index contributed by atoms with van der Waals surface area (Å²) in [5, 5.41) is 0.0730. The molecule has 0 bridgehead atoms. The number of alkyl halides is 1. The van der Waals surface area contributed by atoms with Gasteiger partial charge < -0.3 is 0 Å². The molecule has 1 fully saturated rings. The quantitative estimate of drug-likeness (QED) is 0.633. The van der Waals surface area contributed by atoms with E-state index in [1.54, 1.807) is 6.07 Å². The van der Waals surface area contributed by atoms with E-state index in [2.05, 4.69) is 0 Å². The molecule has 0 aliphatic heterocycles. The van der Waals surface area contributed by atoms with E-state index in [0.717, 1.165) is 17.9 Å². The van der Waals surface area contributed by atoms with Crippen molar-refractivity contribution in [2.45, 2.75) is 56.7 Å². The third kappa shape index (κ3) is 4.28. The fourth-order valence-electron chi connectivity index (χ4n) is 2.90. The fourth-order valence-corrected chi connectivity index (χ4v) is 3.19. The van der Waals surface area contributed by atoms with Crippen molar-refractivity contribution < 1.29 is 4.39 Å². The Bertz CT molecular complexity index is 358. The van der Waals surface area contributed by atoms with Gasteiger partial charge >= 0.3 is 0 Å². The summed E-state index contributed by atoms with van der Waals surface area (Å²) < 4.78 is 13.5. The van der Waals surface area contributed by atoms with Gasteiger partial charge in [0.2, 0.25) is 0 Å². The van der Waals surface area contributed by atoms with Crippen molar-refractivity contribution in [2.24, 2.45) is 5.92 Å². The van der Waals surface area contributed by atoms with E-state index in [9.17, 15) is 4.39 Å². The van der Waals surface area contributed by atoms with E-state index in [4.69, 9.17) is 11.6 Å². The summed E-state index contributed by atoms with van der Waals surface area (Å²) in [5.41, 5.74) is 0.751. The maximum absolute atomic E-state index is 13.5. The van der Waals surface area contributed by atoms with Crippen LogP contribution in [0.25, 0.3) is 0 Å². The van der Waals surface area contributed by atoms with Crippen molar-refractivity contribution >= 4 is 11.6 Å². The molecule has 1 unspecified atom stereocenters. The fraction of sp³-hybridized carbons (Fsp3) is 0.625. The lowest BCUT2D eigenvalue weighted by molar-refractivity contribution is 0.330. The Kier molecular flexibility index (Phi) is 5.49. The van der Waals surface area contributed by atoms with Crippen LogP contribution in [0.15, 0.2) is 24.3 Å². The van der Waals surface area contributed by atoms with Crippen LogP contribution in [-0.2, 0) is 6.42 Å². The first-order valence-electron chi connectivity index (χ1n) is 7.13. The Labute approximate surface area is 115 Å². The maximum atomic E-state index is 13.5. The predicted octanol–water partition coefficient (Wildman–Crippen LogP) is 5.34. The Balaban J connectivity index is 1.74. The molecule has 0 heterocycles. The average molecular weight is 269 g/mol. The smallest absolute Gasteiger partial charge is 0.126 e. The summed E-state index contributed by atoms with van der Waals surface area (Å²) in [5.74, 6) is 0.737. The van der Waals surface area contributed by atoms with Gasteiger partial charge in [0.05, 0.1) is 0 Å². The SMILES string of the molecule is Fc1ccccc1CC(Cl)CCC1CCCCC1. The highest BCUT2D eigenvalue weighted by molar-refractivity contribution is 6.20. The minimum Gasteiger partial charge on any atom is -0.207 e. The summed E-state index contributed by atoms with van der Waals surface area (Å²) in [6.45, 7) is 0. The van der Waals surface area contributed by atoms with Gasteiger partial charge in [-0.05, 0) is 36.8 Å². The van der Waals surface area contributed by atoms with Crippen molar-refractivity contribution in [2.75, 3.05) is 0 Å². The Hall–Kier alpha value is -0.560. The Morgan fingerprint density at radius 2 is 1.89 bits per heavy atom. The highest BCUT2D eigenvalue weighted by Crippen LogP contribution is 2.29. The molecule has 2 rings (SSSR count). The first kappa shape index (κ1) is 13.9. The standard InChI is InChI=1S/C16H22ClF/c17-15(11-10-13-6-2-1-3-7-13)12-14-8-4-5-9-16(14)18/h4-5,8-9,13,15H,1-3,6-7,10-12H2. The monoisotopic (exact) mass is 268 g/mol. The maximum Gasteiger partial charge on any atom is 0.126 e. The van der Waals surface area contributed by atoms with Crippen LogP contribution in [0.5, 0.6) is 0 Å². The summed E-state index contributed by atoms with van der Waals surface area (Å²) in [4.78, 5) is 0. The molecule has 0 aromatic heterocycles. The van der Waals surface area contributed by atoms with Crippen LogP contribution in [0.2, 0.25) is 0 Å². The lowest BCUT2D eigenvalue weighted by Gasteiger charge is -2.22. The summed E-state index contributed by atoms with van der Waals surface area (Å²) in [7, 11) is 0. The highest BCUT2D eigenvalue weighted by atomic mass is 35.5. The Morgan fingerprint density at radius 3 is 2.61 bits per heavy atom. The van der Waals surface area contributed by atoms with E-state index < -0.39 is 0 Å². The molecule has 1 atom stereocenters. The molecule has 2 heteroatoms. The van der Waals surface area contributed by atoms with Crippen molar-refractivity contribution in [1.29, 1.82) is 0 Å². The lowest BCUT2D eigenvalue weighted by Crippen LogP contribution is -2.11. The van der Waals surface area contributed by atoms with Gasteiger partial charge in [-0.3, -0.25) is 0 Å². The zero-order chi connectivity index (χ0) is 12.8. The minimum atomic E-state index is -0.124. The van der Waals surface area contributed by atoms with E-state index in [-0.39, 0.29) is 11.2 Å². The molecule has 0 amide bonds. The average Bonchev–Trinajstić information content (AvgIpc) is 2.40. The van der Waals surface area contributed by atoms with Crippen molar-refractivity contribution in [3.05, 3.63) is 35.6 Å². The van der Waals surface area contributed by atoms with E-state index in [1.165, 1.54) is 44.6 Å². The van der Waals surface area contributed by atoms with Crippen molar-refractivity contribution in [3.63, 3.8) is 0 Å². The molecule has 18 heavy (non-hydrogen) atoms. The van der Waals surface area contributed by atoms with Crippen LogP contribution in [0.4, 0.5) is 4.39 Å². The molecule has 100 valence electrons. The van der Waals surface area contributed by atoms with Gasteiger partial charge in [0.15, 0.2) is 0 Å². The summed E-state index contributed by atoms with van der Waals surface area (Å²) in [6.07, 6.45) is 9.77. The number of benzene rings is 1. The second kappa shape index (κ2) is 7.13. The van der Waals surface area contributed by atoms with Crippen LogP contribution in [-0.4, -0.2) is 5.38 Å². The number of rotatable bonds is 5. The van der Waals surface area contributed by atoms with Crippen LogP contribution in [0.3, 0.4) is 0 Å². The molecule has 0 radical (unpaired) electrons. The van der Waals surface area contributed by atoms with Crippen molar-refractivity contribution in [3.8, 4) is 0 Å². The van der Waals surface area contributed by atoms with Crippen LogP contribution in [0, 0.1) is 11.7 Å². The molecule has 0 nitrogen and oxygen atoms in total. The zero-order valence-electron chi connectivity index (χ0n) is 10.9. The number of hydrogen-bond acceptors (Lipinski definition) is 0. The molecule has 1 saturated carbocycles. The van der Waals surface area contributed by atoms with Crippen molar-refractivity contribution in [1.82, 2.24) is 0 Å². The van der Waals surface area contributed by atoms with Gasteiger partial charge in [0.25, 0.3) is 0 Å². The largest absolute Gasteiger partial charge is 0.207 e. The second-order valence-corrected chi connectivity index (χ2v) is 6.09. The first-order valence-corrected chi connectivity index (χ1v) is 7.57. The highest BCUT2D eigenvalue weighted by Gasteiger charge is 2.16. The van der Waals surface area contributed by atoms with Gasteiger partial charge in [-0.15, -0.1) is 11.6 Å². The van der Waals surface area contributed by atoms with Crippen LogP contribution < -0.4 is 0 Å². The lowest BCUT2D eigenvalue weighted by atomic mass is 9.85. The second-order valence-electron chi connectivity index (χ2n) is 5.47. The zero-order valence-corrected chi connectivity index (χ0v) is 11.6.